The molecule has 0 aromatic heterocycles. The Bertz CT molecular complexity index is 716. The third-order valence-corrected chi connectivity index (χ3v) is 7.37. The minimum atomic E-state index is -0.912. The van der Waals surface area contributed by atoms with Crippen LogP contribution in [0.2, 0.25) is 0 Å². The molecule has 1 aromatic carbocycles. The van der Waals surface area contributed by atoms with Gasteiger partial charge in [0.1, 0.15) is 0 Å². The number of hydrogen-bond acceptors (Lipinski definition) is 1. The smallest absolute Gasteiger partial charge is 0.201 e. The first-order valence-electron chi connectivity index (χ1n) is 12.2. The molecule has 2 saturated carbocycles. The van der Waals surface area contributed by atoms with E-state index in [1.807, 2.05) is 0 Å². The minimum absolute atomic E-state index is 0.00699. The van der Waals surface area contributed by atoms with Crippen LogP contribution in [0.4, 0.5) is 8.78 Å². The first kappa shape index (κ1) is 23.1. The third-order valence-electron chi connectivity index (χ3n) is 7.37. The van der Waals surface area contributed by atoms with Gasteiger partial charge in [-0.1, -0.05) is 57.8 Å². The van der Waals surface area contributed by atoms with Crippen LogP contribution in [0.15, 0.2) is 12.1 Å². The minimum Gasteiger partial charge on any atom is -0.490 e. The van der Waals surface area contributed by atoms with Crippen molar-refractivity contribution < 1.29 is 13.5 Å². The summed E-state index contributed by atoms with van der Waals surface area (Å²) in [4.78, 5) is 0. The highest BCUT2D eigenvalue weighted by Gasteiger charge is 2.30. The van der Waals surface area contributed by atoms with Crippen LogP contribution >= 0.6 is 0 Å². The average Bonchev–Trinajstić information content (AvgIpc) is 2.79. The Morgan fingerprint density at radius 2 is 1.53 bits per heavy atom. The fourth-order valence-corrected chi connectivity index (χ4v) is 5.26. The van der Waals surface area contributed by atoms with E-state index in [1.54, 1.807) is 6.07 Å². The van der Waals surface area contributed by atoms with Gasteiger partial charge in [0.15, 0.2) is 11.6 Å². The second kappa shape index (κ2) is 11.7. The standard InChI is InChI=1S/C27H38F2O/c1-3-5-6-19-30-25-18-17-24(26(28)27(25)29)16-11-21-9-14-23(15-10-21)22-12-7-20(4-2)8-13-22/h17-18,20-23H,3-10,12-15,19H2,1-2H3. The Balaban J connectivity index is 1.50. The molecule has 0 spiro atoms. The van der Waals surface area contributed by atoms with Gasteiger partial charge in [0.05, 0.1) is 12.2 Å². The topological polar surface area (TPSA) is 9.23 Å². The Labute approximate surface area is 182 Å². The summed E-state index contributed by atoms with van der Waals surface area (Å²) in [7, 11) is 0. The molecular weight excluding hydrogens is 378 g/mol. The fourth-order valence-electron chi connectivity index (χ4n) is 5.26. The highest BCUT2D eigenvalue weighted by Crippen LogP contribution is 2.41. The zero-order valence-corrected chi connectivity index (χ0v) is 18.8. The van der Waals surface area contributed by atoms with Gasteiger partial charge in [0.2, 0.25) is 5.82 Å². The molecule has 0 unspecified atom stereocenters. The van der Waals surface area contributed by atoms with Crippen LogP contribution in [-0.4, -0.2) is 6.61 Å². The molecule has 2 fully saturated rings. The van der Waals surface area contributed by atoms with Crippen LogP contribution < -0.4 is 4.74 Å². The monoisotopic (exact) mass is 416 g/mol. The van der Waals surface area contributed by atoms with E-state index in [9.17, 15) is 8.78 Å². The van der Waals surface area contributed by atoms with E-state index in [-0.39, 0.29) is 11.3 Å². The van der Waals surface area contributed by atoms with Gasteiger partial charge >= 0.3 is 0 Å². The van der Waals surface area contributed by atoms with Crippen LogP contribution in [0, 0.1) is 47.1 Å². The van der Waals surface area contributed by atoms with E-state index < -0.39 is 11.6 Å². The van der Waals surface area contributed by atoms with E-state index in [4.69, 9.17) is 4.74 Å². The fraction of sp³-hybridized carbons (Fsp3) is 0.704. The van der Waals surface area contributed by atoms with Gasteiger partial charge in [-0.15, -0.1) is 0 Å². The second-order valence-electron chi connectivity index (χ2n) is 9.36. The van der Waals surface area contributed by atoms with Gasteiger partial charge in [0, 0.05) is 5.92 Å². The molecule has 0 amide bonds. The molecular formula is C27H38F2O. The van der Waals surface area contributed by atoms with Crippen LogP contribution in [0.1, 0.15) is 96.5 Å². The lowest BCUT2D eigenvalue weighted by Gasteiger charge is -2.36. The third kappa shape index (κ3) is 6.22. The maximum Gasteiger partial charge on any atom is 0.201 e. The molecule has 2 aliphatic carbocycles. The molecule has 2 aliphatic rings. The number of rotatable bonds is 7. The largest absolute Gasteiger partial charge is 0.490 e. The lowest BCUT2D eigenvalue weighted by Crippen LogP contribution is -2.25. The number of ether oxygens (including phenoxy) is 1. The molecule has 0 aliphatic heterocycles. The molecule has 3 heteroatoms. The molecule has 1 nitrogen and oxygen atoms in total. The van der Waals surface area contributed by atoms with Gasteiger partial charge in [-0.05, 0) is 74.8 Å². The summed E-state index contributed by atoms with van der Waals surface area (Å²) in [5, 5.41) is 0. The van der Waals surface area contributed by atoms with Crippen molar-refractivity contribution in [3.63, 3.8) is 0 Å². The summed E-state index contributed by atoms with van der Waals surface area (Å²) < 4.78 is 34.1. The van der Waals surface area contributed by atoms with Crippen molar-refractivity contribution >= 4 is 0 Å². The van der Waals surface area contributed by atoms with Crippen molar-refractivity contribution in [2.24, 2.45) is 23.7 Å². The first-order chi connectivity index (χ1) is 14.6. The van der Waals surface area contributed by atoms with Crippen LogP contribution in [0.5, 0.6) is 5.75 Å². The highest BCUT2D eigenvalue weighted by molar-refractivity contribution is 5.41. The van der Waals surface area contributed by atoms with E-state index in [0.717, 1.165) is 49.9 Å². The summed E-state index contributed by atoms with van der Waals surface area (Å²) >= 11 is 0. The highest BCUT2D eigenvalue weighted by atomic mass is 19.2. The SMILES string of the molecule is CCCCCOc1ccc(C#CC2CCC(C3CCC(CC)CC3)CC2)c(F)c1F. The number of halogens is 2. The van der Waals surface area contributed by atoms with Gasteiger partial charge < -0.3 is 4.74 Å². The Kier molecular flexibility index (Phi) is 9.04. The summed E-state index contributed by atoms with van der Waals surface area (Å²) in [6, 6.07) is 3.07. The normalized spacial score (nSPS) is 26.7. The van der Waals surface area contributed by atoms with Crippen molar-refractivity contribution in [3.8, 4) is 17.6 Å². The predicted octanol–water partition coefficient (Wildman–Crippen LogP) is 7.91. The van der Waals surface area contributed by atoms with Gasteiger partial charge in [-0.25, -0.2) is 4.39 Å². The van der Waals surface area contributed by atoms with Gasteiger partial charge in [0.25, 0.3) is 0 Å². The van der Waals surface area contributed by atoms with E-state index in [1.165, 1.54) is 51.0 Å². The lowest BCUT2D eigenvalue weighted by atomic mass is 9.69. The number of unbranched alkanes of at least 4 members (excludes halogenated alkanes) is 2. The average molecular weight is 417 g/mol. The maximum atomic E-state index is 14.4. The quantitative estimate of drug-likeness (QED) is 0.324. The summed E-state index contributed by atoms with van der Waals surface area (Å²) in [6.07, 6.45) is 14.5. The molecule has 3 rings (SSSR count). The lowest BCUT2D eigenvalue weighted by molar-refractivity contribution is 0.156. The summed E-state index contributed by atoms with van der Waals surface area (Å²) in [5.74, 6) is 7.35. The Morgan fingerprint density at radius 1 is 0.867 bits per heavy atom. The molecule has 30 heavy (non-hydrogen) atoms. The molecule has 0 atom stereocenters. The van der Waals surface area contributed by atoms with Crippen LogP contribution in [-0.2, 0) is 0 Å². The van der Waals surface area contributed by atoms with Gasteiger partial charge in [-0.2, -0.15) is 4.39 Å². The summed E-state index contributed by atoms with van der Waals surface area (Å²) in [5.41, 5.74) is 0.147. The summed E-state index contributed by atoms with van der Waals surface area (Å²) in [6.45, 7) is 4.83. The van der Waals surface area contributed by atoms with E-state index in [0.29, 0.717) is 12.5 Å². The number of benzene rings is 1. The van der Waals surface area contributed by atoms with Crippen molar-refractivity contribution in [2.75, 3.05) is 6.61 Å². The molecule has 0 saturated heterocycles. The predicted molar refractivity (Wildman–Crippen MR) is 119 cm³/mol. The van der Waals surface area contributed by atoms with E-state index in [2.05, 4.69) is 25.7 Å². The molecule has 0 radical (unpaired) electrons. The van der Waals surface area contributed by atoms with Gasteiger partial charge in [-0.3, -0.25) is 0 Å². The van der Waals surface area contributed by atoms with Crippen molar-refractivity contribution in [3.05, 3.63) is 29.3 Å². The first-order valence-corrected chi connectivity index (χ1v) is 12.2. The van der Waals surface area contributed by atoms with Crippen LogP contribution in [0.3, 0.4) is 0 Å². The number of hydrogen-bond donors (Lipinski definition) is 0. The van der Waals surface area contributed by atoms with Crippen molar-refractivity contribution in [2.45, 2.75) is 90.9 Å². The molecule has 0 N–H and O–H groups in total. The maximum absolute atomic E-state index is 14.4. The molecule has 166 valence electrons. The van der Waals surface area contributed by atoms with Crippen molar-refractivity contribution in [1.29, 1.82) is 0 Å². The molecule has 0 bridgehead atoms. The zero-order chi connectivity index (χ0) is 21.3. The second-order valence-corrected chi connectivity index (χ2v) is 9.36. The van der Waals surface area contributed by atoms with Crippen molar-refractivity contribution in [1.82, 2.24) is 0 Å². The molecule has 1 aromatic rings. The molecule has 0 heterocycles. The van der Waals surface area contributed by atoms with E-state index >= 15 is 0 Å². The zero-order valence-electron chi connectivity index (χ0n) is 18.8. The Morgan fingerprint density at radius 3 is 2.17 bits per heavy atom. The Hall–Kier alpha value is -1.56. The van der Waals surface area contributed by atoms with Crippen LogP contribution in [0.25, 0.3) is 0 Å².